The predicted octanol–water partition coefficient (Wildman–Crippen LogP) is 1.50. The Labute approximate surface area is 112 Å². The minimum Gasteiger partial charge on any atom is -0.377 e. The molecule has 1 aliphatic heterocycles. The molecule has 1 N–H and O–H groups in total. The Balaban J connectivity index is 2.65. The zero-order valence-electron chi connectivity index (χ0n) is 12.6. The van der Waals surface area contributed by atoms with Gasteiger partial charge in [0.25, 0.3) is 0 Å². The summed E-state index contributed by atoms with van der Waals surface area (Å²) < 4.78 is 11.1. The molecule has 0 radical (unpaired) electrons. The summed E-state index contributed by atoms with van der Waals surface area (Å²) in [7, 11) is 5.63. The van der Waals surface area contributed by atoms with Crippen molar-refractivity contribution in [2.45, 2.75) is 57.4 Å². The fourth-order valence-corrected chi connectivity index (χ4v) is 3.13. The number of nitrogens with zero attached hydrogens (tertiary/aromatic N) is 1. The van der Waals surface area contributed by atoms with Crippen LogP contribution < -0.4 is 5.32 Å². The molecule has 1 fully saturated rings. The first kappa shape index (κ1) is 15.9. The predicted molar refractivity (Wildman–Crippen MR) is 75.0 cm³/mol. The maximum absolute atomic E-state index is 5.53. The van der Waals surface area contributed by atoms with Crippen molar-refractivity contribution < 1.29 is 9.47 Å². The molecule has 1 rings (SSSR count). The van der Waals surface area contributed by atoms with E-state index in [1.165, 1.54) is 19.3 Å². The van der Waals surface area contributed by atoms with E-state index in [1.54, 1.807) is 14.2 Å². The van der Waals surface area contributed by atoms with Crippen LogP contribution in [0.5, 0.6) is 0 Å². The molecule has 0 bridgehead atoms. The smallest absolute Gasteiger partial charge is 0.0971 e. The van der Waals surface area contributed by atoms with E-state index in [0.717, 1.165) is 13.1 Å². The number of ether oxygens (including phenoxy) is 2. The number of likely N-dealkylation sites (N-methyl/N-ethyl adjacent to an activating group) is 1. The van der Waals surface area contributed by atoms with Crippen LogP contribution in [-0.2, 0) is 9.47 Å². The van der Waals surface area contributed by atoms with Gasteiger partial charge in [-0.15, -0.1) is 0 Å². The summed E-state index contributed by atoms with van der Waals surface area (Å²) in [5, 5.41) is 3.47. The Morgan fingerprint density at radius 1 is 1.17 bits per heavy atom. The van der Waals surface area contributed by atoms with Gasteiger partial charge in [-0.2, -0.15) is 0 Å². The summed E-state index contributed by atoms with van der Waals surface area (Å²) >= 11 is 0. The molecule has 0 amide bonds. The van der Waals surface area contributed by atoms with Crippen LogP contribution in [0.15, 0.2) is 0 Å². The van der Waals surface area contributed by atoms with Gasteiger partial charge >= 0.3 is 0 Å². The minimum atomic E-state index is 0.211. The topological polar surface area (TPSA) is 33.7 Å². The fourth-order valence-electron chi connectivity index (χ4n) is 3.13. The van der Waals surface area contributed by atoms with E-state index in [-0.39, 0.29) is 12.2 Å². The standard InChI is InChI=1S/C14H30N2O2/c1-6-8-11(15-3)12(7-2)16-9-13(17-4)14(10-16)18-5/h11-15H,6-10H2,1-5H3. The highest BCUT2D eigenvalue weighted by Crippen LogP contribution is 2.22. The third-order valence-electron chi connectivity index (χ3n) is 4.17. The summed E-state index contributed by atoms with van der Waals surface area (Å²) in [6, 6.07) is 1.14. The van der Waals surface area contributed by atoms with Crippen molar-refractivity contribution in [3.8, 4) is 0 Å². The quantitative estimate of drug-likeness (QED) is 0.715. The van der Waals surface area contributed by atoms with Crippen LogP contribution >= 0.6 is 0 Å². The van der Waals surface area contributed by atoms with Gasteiger partial charge in [-0.1, -0.05) is 20.3 Å². The summed E-state index contributed by atoms with van der Waals surface area (Å²) in [5.74, 6) is 0. The van der Waals surface area contributed by atoms with E-state index in [0.29, 0.717) is 12.1 Å². The summed E-state index contributed by atoms with van der Waals surface area (Å²) in [6.45, 7) is 6.48. The maximum atomic E-state index is 5.53. The summed E-state index contributed by atoms with van der Waals surface area (Å²) in [6.07, 6.45) is 4.03. The molecule has 0 spiro atoms. The minimum absolute atomic E-state index is 0.211. The number of methoxy groups -OCH3 is 2. The zero-order valence-corrected chi connectivity index (χ0v) is 12.6. The van der Waals surface area contributed by atoms with Gasteiger partial charge in [-0.3, -0.25) is 4.90 Å². The molecule has 4 atom stereocenters. The molecule has 108 valence electrons. The molecule has 1 heterocycles. The van der Waals surface area contributed by atoms with Crippen LogP contribution in [0.2, 0.25) is 0 Å². The molecule has 0 aromatic heterocycles. The lowest BCUT2D eigenvalue weighted by Gasteiger charge is -2.33. The van der Waals surface area contributed by atoms with Crippen molar-refractivity contribution in [3.63, 3.8) is 0 Å². The summed E-state index contributed by atoms with van der Waals surface area (Å²) in [5.41, 5.74) is 0. The fraction of sp³-hybridized carbons (Fsp3) is 1.00. The molecule has 0 aromatic rings. The van der Waals surface area contributed by atoms with Gasteiger partial charge in [0.15, 0.2) is 0 Å². The average molecular weight is 258 g/mol. The molecule has 4 nitrogen and oxygen atoms in total. The molecular formula is C14H30N2O2. The van der Waals surface area contributed by atoms with E-state index in [2.05, 4.69) is 31.1 Å². The Morgan fingerprint density at radius 2 is 1.72 bits per heavy atom. The summed E-state index contributed by atoms with van der Waals surface area (Å²) in [4.78, 5) is 2.53. The normalized spacial score (nSPS) is 28.5. The first-order valence-electron chi connectivity index (χ1n) is 7.18. The van der Waals surface area contributed by atoms with E-state index in [9.17, 15) is 0 Å². The van der Waals surface area contributed by atoms with Crippen molar-refractivity contribution in [1.82, 2.24) is 10.2 Å². The number of rotatable bonds is 8. The Bertz CT molecular complexity index is 214. The molecule has 4 heteroatoms. The van der Waals surface area contributed by atoms with Gasteiger partial charge in [-0.25, -0.2) is 0 Å². The zero-order chi connectivity index (χ0) is 13.5. The lowest BCUT2D eigenvalue weighted by Crippen LogP contribution is -2.48. The molecule has 0 aromatic carbocycles. The van der Waals surface area contributed by atoms with Gasteiger partial charge < -0.3 is 14.8 Å². The molecule has 1 saturated heterocycles. The monoisotopic (exact) mass is 258 g/mol. The van der Waals surface area contributed by atoms with Crippen LogP contribution in [-0.4, -0.2) is 63.5 Å². The molecule has 0 aliphatic carbocycles. The Kier molecular flexibility index (Phi) is 7.15. The number of likely N-dealkylation sites (tertiary alicyclic amines) is 1. The van der Waals surface area contributed by atoms with E-state index in [4.69, 9.17) is 9.47 Å². The highest BCUT2D eigenvalue weighted by atomic mass is 16.5. The highest BCUT2D eigenvalue weighted by Gasteiger charge is 2.37. The van der Waals surface area contributed by atoms with Crippen molar-refractivity contribution in [3.05, 3.63) is 0 Å². The molecule has 0 saturated carbocycles. The van der Waals surface area contributed by atoms with Crippen molar-refractivity contribution in [1.29, 1.82) is 0 Å². The van der Waals surface area contributed by atoms with Crippen LogP contribution in [0.4, 0.5) is 0 Å². The van der Waals surface area contributed by atoms with Crippen LogP contribution in [0.1, 0.15) is 33.1 Å². The number of nitrogens with one attached hydrogen (secondary N) is 1. The highest BCUT2D eigenvalue weighted by molar-refractivity contribution is 4.93. The third kappa shape index (κ3) is 3.67. The lowest BCUT2D eigenvalue weighted by atomic mass is 10.00. The molecule has 18 heavy (non-hydrogen) atoms. The van der Waals surface area contributed by atoms with Crippen LogP contribution in [0.3, 0.4) is 0 Å². The van der Waals surface area contributed by atoms with E-state index >= 15 is 0 Å². The lowest BCUT2D eigenvalue weighted by molar-refractivity contribution is -0.00461. The largest absolute Gasteiger partial charge is 0.377 e. The SMILES string of the molecule is CCCC(NC)C(CC)N1CC(OC)C(OC)C1. The Morgan fingerprint density at radius 3 is 2.06 bits per heavy atom. The van der Waals surface area contributed by atoms with E-state index < -0.39 is 0 Å². The van der Waals surface area contributed by atoms with Crippen LogP contribution in [0.25, 0.3) is 0 Å². The van der Waals surface area contributed by atoms with Gasteiger partial charge in [0.1, 0.15) is 0 Å². The van der Waals surface area contributed by atoms with Crippen LogP contribution in [0, 0.1) is 0 Å². The second-order valence-corrected chi connectivity index (χ2v) is 5.16. The number of hydrogen-bond donors (Lipinski definition) is 1. The molecular weight excluding hydrogens is 228 g/mol. The van der Waals surface area contributed by atoms with Crippen molar-refractivity contribution in [2.24, 2.45) is 0 Å². The van der Waals surface area contributed by atoms with Gasteiger partial charge in [0, 0.05) is 39.4 Å². The first-order valence-corrected chi connectivity index (χ1v) is 7.18. The van der Waals surface area contributed by atoms with Gasteiger partial charge in [0.05, 0.1) is 12.2 Å². The maximum Gasteiger partial charge on any atom is 0.0971 e. The molecule has 1 aliphatic rings. The first-order chi connectivity index (χ1) is 8.71. The second kappa shape index (κ2) is 8.10. The van der Waals surface area contributed by atoms with E-state index in [1.807, 2.05) is 0 Å². The Hall–Kier alpha value is -0.160. The molecule has 4 unspecified atom stereocenters. The third-order valence-corrected chi connectivity index (χ3v) is 4.17. The second-order valence-electron chi connectivity index (χ2n) is 5.16. The average Bonchev–Trinajstić information content (AvgIpc) is 2.81. The number of hydrogen-bond acceptors (Lipinski definition) is 4. The van der Waals surface area contributed by atoms with Crippen molar-refractivity contribution >= 4 is 0 Å². The van der Waals surface area contributed by atoms with Crippen molar-refractivity contribution in [2.75, 3.05) is 34.4 Å². The van der Waals surface area contributed by atoms with Gasteiger partial charge in [-0.05, 0) is 19.9 Å². The van der Waals surface area contributed by atoms with Gasteiger partial charge in [0.2, 0.25) is 0 Å².